The van der Waals surface area contributed by atoms with Crippen LogP contribution in [0.2, 0.25) is 5.02 Å². The molecule has 0 spiro atoms. The monoisotopic (exact) mass is 661 g/mol. The molecule has 8 bridgehead atoms. The van der Waals surface area contributed by atoms with Crippen LogP contribution < -0.4 is 4.74 Å². The molecule has 1 aliphatic heterocycles. The van der Waals surface area contributed by atoms with Crippen molar-refractivity contribution in [1.82, 2.24) is 24.1 Å². The highest BCUT2D eigenvalue weighted by Gasteiger charge is 2.27. The van der Waals surface area contributed by atoms with Gasteiger partial charge in [-0.15, -0.1) is 23.5 Å². The third-order valence-electron chi connectivity index (χ3n) is 9.12. The SMILES string of the molecule is Cc1c(C(=O)O)n2c3ccc(Cl)c(c13)-c1c(nn(C)c1C)CSCc1cc(n(C)n1)CSc1cc3c(c(c1)OCCC2)CCC3. The first-order valence-electron chi connectivity index (χ1n) is 15.3. The molecule has 45 heavy (non-hydrogen) atoms. The Morgan fingerprint density at radius 3 is 2.67 bits per heavy atom. The molecular weight excluding hydrogens is 626 g/mol. The van der Waals surface area contributed by atoms with Crippen LogP contribution in [0.25, 0.3) is 22.0 Å². The lowest BCUT2D eigenvalue weighted by atomic mass is 9.97. The summed E-state index contributed by atoms with van der Waals surface area (Å²) in [4.78, 5) is 13.9. The van der Waals surface area contributed by atoms with E-state index in [2.05, 4.69) is 18.2 Å². The molecule has 1 aliphatic carbocycles. The fourth-order valence-corrected chi connectivity index (χ4v) is 9.01. The largest absolute Gasteiger partial charge is 0.493 e. The number of aromatic carboxylic acids is 1. The average Bonchev–Trinajstić information content (AvgIpc) is 3.75. The molecule has 3 aromatic heterocycles. The van der Waals surface area contributed by atoms with Gasteiger partial charge >= 0.3 is 5.97 Å². The summed E-state index contributed by atoms with van der Waals surface area (Å²) in [6.45, 7) is 4.94. The topological polar surface area (TPSA) is 87.1 Å². The molecule has 5 aromatic rings. The van der Waals surface area contributed by atoms with E-state index in [1.165, 1.54) is 21.7 Å². The van der Waals surface area contributed by atoms with Crippen molar-refractivity contribution in [1.29, 1.82) is 0 Å². The number of halogens is 1. The first kappa shape index (κ1) is 30.3. The maximum atomic E-state index is 12.7. The van der Waals surface area contributed by atoms with E-state index in [-0.39, 0.29) is 0 Å². The van der Waals surface area contributed by atoms with Crippen molar-refractivity contribution < 1.29 is 14.6 Å². The van der Waals surface area contributed by atoms with Crippen LogP contribution in [0.4, 0.5) is 0 Å². The van der Waals surface area contributed by atoms with Gasteiger partial charge in [0, 0.05) is 81.2 Å². The summed E-state index contributed by atoms with van der Waals surface area (Å²) < 4.78 is 12.3. The van der Waals surface area contributed by atoms with E-state index in [4.69, 9.17) is 26.5 Å². The van der Waals surface area contributed by atoms with Crippen molar-refractivity contribution in [3.63, 3.8) is 0 Å². The molecule has 2 aliphatic rings. The lowest BCUT2D eigenvalue weighted by Crippen LogP contribution is -2.12. The van der Waals surface area contributed by atoms with E-state index >= 15 is 0 Å². The van der Waals surface area contributed by atoms with Gasteiger partial charge in [0.2, 0.25) is 0 Å². The predicted molar refractivity (Wildman–Crippen MR) is 182 cm³/mol. The Hall–Kier alpha value is -3.34. The smallest absolute Gasteiger partial charge is 0.352 e. The number of hydrogen-bond donors (Lipinski definition) is 1. The second-order valence-corrected chi connectivity index (χ2v) is 14.4. The van der Waals surface area contributed by atoms with Crippen LogP contribution in [0.3, 0.4) is 0 Å². The van der Waals surface area contributed by atoms with Crippen LogP contribution >= 0.6 is 35.1 Å². The van der Waals surface area contributed by atoms with Crippen LogP contribution in [0, 0.1) is 13.8 Å². The Balaban J connectivity index is 1.35. The minimum absolute atomic E-state index is 0.290. The highest BCUT2D eigenvalue weighted by atomic mass is 35.5. The standard InChI is InChI=1S/C34H36ClN5O3S2/c1-19-30-28-10-9-26(35)32(30)31-20(2)38(3)37-27(31)18-44-16-22-14-23(39(4)36-22)17-45-24-13-21-7-5-8-25(21)29(15-24)43-12-6-11-40(28)33(19)34(41)42/h9-10,13-15H,5-8,11-12,16-18H2,1-4H3,(H,41,42). The van der Waals surface area contributed by atoms with Gasteiger partial charge in [-0.25, -0.2) is 4.79 Å². The number of aryl methyl sites for hydroxylation is 5. The Morgan fingerprint density at radius 1 is 1.00 bits per heavy atom. The number of ether oxygens (including phenoxy) is 1. The van der Waals surface area contributed by atoms with Gasteiger partial charge < -0.3 is 14.4 Å². The van der Waals surface area contributed by atoms with Gasteiger partial charge in [0.15, 0.2) is 0 Å². The Labute approximate surface area is 276 Å². The van der Waals surface area contributed by atoms with Crippen molar-refractivity contribution in [2.45, 2.75) is 68.2 Å². The van der Waals surface area contributed by atoms with Crippen LogP contribution in [0.1, 0.15) is 62.8 Å². The summed E-state index contributed by atoms with van der Waals surface area (Å²) in [5.74, 6) is 2.26. The fraction of sp³-hybridized carbons (Fsp3) is 0.382. The molecule has 0 saturated heterocycles. The third-order valence-corrected chi connectivity index (χ3v) is 11.4. The molecule has 0 atom stereocenters. The van der Waals surface area contributed by atoms with E-state index in [1.54, 1.807) is 11.8 Å². The van der Waals surface area contributed by atoms with Gasteiger partial charge in [-0.1, -0.05) is 11.6 Å². The summed E-state index contributed by atoms with van der Waals surface area (Å²) in [7, 11) is 3.96. The molecule has 234 valence electrons. The molecule has 8 nitrogen and oxygen atoms in total. The second-order valence-electron chi connectivity index (χ2n) is 11.9. The zero-order chi connectivity index (χ0) is 31.4. The van der Waals surface area contributed by atoms with Gasteiger partial charge in [0.1, 0.15) is 11.4 Å². The van der Waals surface area contributed by atoms with Crippen LogP contribution in [-0.2, 0) is 50.7 Å². The number of carboxylic acid groups (broad SMARTS) is 1. The number of rotatable bonds is 1. The summed E-state index contributed by atoms with van der Waals surface area (Å²) in [5.41, 5.74) is 10.5. The summed E-state index contributed by atoms with van der Waals surface area (Å²) in [6, 6.07) is 10.5. The maximum absolute atomic E-state index is 12.7. The Bertz CT molecular complexity index is 1970. The third kappa shape index (κ3) is 5.44. The number of aromatic nitrogens is 5. The van der Waals surface area contributed by atoms with Crippen molar-refractivity contribution >= 4 is 52.0 Å². The number of benzene rings is 2. The zero-order valence-corrected chi connectivity index (χ0v) is 28.3. The minimum atomic E-state index is -0.947. The number of fused-ring (bicyclic) bond motifs is 8. The molecule has 0 unspecified atom stereocenters. The molecule has 2 aromatic carbocycles. The minimum Gasteiger partial charge on any atom is -0.493 e. The highest BCUT2D eigenvalue weighted by molar-refractivity contribution is 7.98. The van der Waals surface area contributed by atoms with E-state index in [0.717, 1.165) is 75.6 Å². The molecule has 0 fully saturated rings. The molecule has 0 amide bonds. The van der Waals surface area contributed by atoms with Crippen molar-refractivity contribution in [2.24, 2.45) is 14.1 Å². The Kier molecular flexibility index (Phi) is 8.16. The molecule has 11 heteroatoms. The number of carbonyl (C=O) groups is 1. The van der Waals surface area contributed by atoms with Gasteiger partial charge in [0.25, 0.3) is 0 Å². The number of nitrogens with zero attached hydrogens (tertiary/aromatic N) is 5. The van der Waals surface area contributed by atoms with Gasteiger partial charge in [-0.2, -0.15) is 10.2 Å². The van der Waals surface area contributed by atoms with Crippen LogP contribution in [-0.4, -0.2) is 41.8 Å². The predicted octanol–water partition coefficient (Wildman–Crippen LogP) is 7.74. The molecule has 0 radical (unpaired) electrons. The van der Waals surface area contributed by atoms with Crippen molar-refractivity contribution in [3.8, 4) is 16.9 Å². The summed E-state index contributed by atoms with van der Waals surface area (Å²) in [5, 5.41) is 21.6. The molecule has 7 rings (SSSR count). The maximum Gasteiger partial charge on any atom is 0.352 e. The lowest BCUT2D eigenvalue weighted by molar-refractivity contribution is 0.0684. The van der Waals surface area contributed by atoms with Crippen LogP contribution in [0.15, 0.2) is 35.2 Å². The molecule has 1 N–H and O–H groups in total. The summed E-state index contributed by atoms with van der Waals surface area (Å²) >= 11 is 10.6. The highest BCUT2D eigenvalue weighted by Crippen LogP contribution is 2.43. The molecule has 0 saturated carbocycles. The number of thioether (sulfide) groups is 2. The fourth-order valence-electron chi connectivity index (χ4n) is 6.91. The van der Waals surface area contributed by atoms with Crippen LogP contribution in [0.5, 0.6) is 5.75 Å². The quantitative estimate of drug-likeness (QED) is 0.197. The normalized spacial score (nSPS) is 15.5. The zero-order valence-electron chi connectivity index (χ0n) is 25.9. The van der Waals surface area contributed by atoms with E-state index in [0.29, 0.717) is 41.6 Å². The average molecular weight is 662 g/mol. The van der Waals surface area contributed by atoms with Gasteiger partial charge in [0.05, 0.1) is 18.0 Å². The number of carboxylic acids is 1. The molecule has 4 heterocycles. The van der Waals surface area contributed by atoms with Gasteiger partial charge in [-0.3, -0.25) is 9.36 Å². The molecular formula is C34H36ClN5O3S2. The van der Waals surface area contributed by atoms with E-state index < -0.39 is 5.97 Å². The lowest BCUT2D eigenvalue weighted by Gasteiger charge is -2.15. The summed E-state index contributed by atoms with van der Waals surface area (Å²) in [6.07, 6.45) is 3.91. The Morgan fingerprint density at radius 2 is 1.84 bits per heavy atom. The van der Waals surface area contributed by atoms with E-state index in [9.17, 15) is 9.90 Å². The van der Waals surface area contributed by atoms with Crippen molar-refractivity contribution in [3.05, 3.63) is 80.5 Å². The van der Waals surface area contributed by atoms with E-state index in [1.807, 2.05) is 65.8 Å². The van der Waals surface area contributed by atoms with Gasteiger partial charge in [-0.05, 0) is 86.6 Å². The van der Waals surface area contributed by atoms with Crippen molar-refractivity contribution in [2.75, 3.05) is 6.61 Å². The first-order chi connectivity index (χ1) is 21.7. The first-order valence-corrected chi connectivity index (χ1v) is 17.8. The second kappa shape index (κ2) is 12.1. The number of hydrogen-bond acceptors (Lipinski definition) is 6.